The Kier molecular flexibility index (Phi) is 4.62. The molecule has 0 unspecified atom stereocenters. The van der Waals surface area contributed by atoms with Crippen LogP contribution in [0.2, 0.25) is 0 Å². The lowest BCUT2D eigenvalue weighted by atomic mass is 10.2. The molecule has 0 aliphatic heterocycles. The zero-order valence-electron chi connectivity index (χ0n) is 11.2. The Morgan fingerprint density at radius 2 is 2.10 bits per heavy atom. The third kappa shape index (κ3) is 3.74. The standard InChI is InChI=1S/C13H16N4O2S/c1-2-3-5-11-7-9-15-13(16-11)17-20(18,19)12-6-4-8-14-10-12/h4,6-10H,2-3,5H2,1H3,(H,15,16,17). The molecule has 0 aromatic carbocycles. The lowest BCUT2D eigenvalue weighted by Gasteiger charge is -2.07. The Balaban J connectivity index is 2.17. The Morgan fingerprint density at radius 3 is 2.80 bits per heavy atom. The van der Waals surface area contributed by atoms with E-state index in [2.05, 4.69) is 26.6 Å². The van der Waals surface area contributed by atoms with E-state index in [-0.39, 0.29) is 10.8 Å². The first-order valence-electron chi connectivity index (χ1n) is 6.36. The number of pyridine rings is 1. The van der Waals surface area contributed by atoms with Crippen LogP contribution in [0.3, 0.4) is 0 Å². The summed E-state index contributed by atoms with van der Waals surface area (Å²) < 4.78 is 26.6. The number of hydrogen-bond acceptors (Lipinski definition) is 5. The highest BCUT2D eigenvalue weighted by Crippen LogP contribution is 2.12. The smallest absolute Gasteiger partial charge is 0.263 e. The maximum atomic E-state index is 12.1. The molecule has 6 nitrogen and oxygen atoms in total. The van der Waals surface area contributed by atoms with Gasteiger partial charge in [-0.25, -0.2) is 23.1 Å². The molecule has 0 bridgehead atoms. The van der Waals surface area contributed by atoms with Gasteiger partial charge in [-0.2, -0.15) is 0 Å². The summed E-state index contributed by atoms with van der Waals surface area (Å²) in [6.07, 6.45) is 7.22. The van der Waals surface area contributed by atoms with Crippen molar-refractivity contribution in [2.24, 2.45) is 0 Å². The van der Waals surface area contributed by atoms with Gasteiger partial charge in [-0.3, -0.25) is 4.98 Å². The molecule has 1 N–H and O–H groups in total. The van der Waals surface area contributed by atoms with Gasteiger partial charge in [-0.15, -0.1) is 0 Å². The van der Waals surface area contributed by atoms with E-state index < -0.39 is 10.0 Å². The highest BCUT2D eigenvalue weighted by Gasteiger charge is 2.15. The highest BCUT2D eigenvalue weighted by atomic mass is 32.2. The molecule has 0 atom stereocenters. The van der Waals surface area contributed by atoms with Crippen LogP contribution in [0.4, 0.5) is 5.95 Å². The predicted molar refractivity (Wildman–Crippen MR) is 75.7 cm³/mol. The fourth-order valence-electron chi connectivity index (χ4n) is 1.63. The molecular formula is C13H16N4O2S. The summed E-state index contributed by atoms with van der Waals surface area (Å²) in [5, 5.41) is 0. The topological polar surface area (TPSA) is 84.8 Å². The maximum Gasteiger partial charge on any atom is 0.265 e. The second-order valence-electron chi connectivity index (χ2n) is 4.27. The molecule has 0 radical (unpaired) electrons. The minimum Gasteiger partial charge on any atom is -0.263 e. The SMILES string of the molecule is CCCCc1ccnc(NS(=O)(=O)c2cccnc2)n1. The normalized spacial score (nSPS) is 11.2. The minimum atomic E-state index is -3.69. The van der Waals surface area contributed by atoms with E-state index in [0.717, 1.165) is 25.0 Å². The van der Waals surface area contributed by atoms with Crippen LogP contribution < -0.4 is 4.72 Å². The Hall–Kier alpha value is -2.02. The third-order valence-corrected chi connectivity index (χ3v) is 3.98. The van der Waals surface area contributed by atoms with Crippen molar-refractivity contribution < 1.29 is 8.42 Å². The third-order valence-electron chi connectivity index (χ3n) is 2.67. The summed E-state index contributed by atoms with van der Waals surface area (Å²) in [6.45, 7) is 2.09. The zero-order valence-corrected chi connectivity index (χ0v) is 12.0. The molecule has 2 heterocycles. The number of unbranched alkanes of at least 4 members (excludes halogenated alkanes) is 1. The van der Waals surface area contributed by atoms with Crippen LogP contribution in [-0.2, 0) is 16.4 Å². The van der Waals surface area contributed by atoms with Gasteiger partial charge in [0.1, 0.15) is 4.90 Å². The van der Waals surface area contributed by atoms with Crippen LogP contribution in [-0.4, -0.2) is 23.4 Å². The molecule has 0 saturated carbocycles. The first-order valence-corrected chi connectivity index (χ1v) is 7.85. The molecule has 0 amide bonds. The fourth-order valence-corrected chi connectivity index (χ4v) is 2.54. The van der Waals surface area contributed by atoms with E-state index in [1.807, 2.05) is 0 Å². The van der Waals surface area contributed by atoms with E-state index >= 15 is 0 Å². The second kappa shape index (κ2) is 6.42. The largest absolute Gasteiger partial charge is 0.265 e. The van der Waals surface area contributed by atoms with Gasteiger partial charge in [0.25, 0.3) is 10.0 Å². The second-order valence-corrected chi connectivity index (χ2v) is 5.95. The molecule has 2 aromatic rings. The van der Waals surface area contributed by atoms with E-state index in [1.54, 1.807) is 18.3 Å². The maximum absolute atomic E-state index is 12.1. The monoisotopic (exact) mass is 292 g/mol. The van der Waals surface area contributed by atoms with Gasteiger partial charge in [0.2, 0.25) is 5.95 Å². The summed E-state index contributed by atoms with van der Waals surface area (Å²) in [5.74, 6) is 0.0856. The number of nitrogens with zero attached hydrogens (tertiary/aromatic N) is 3. The number of hydrogen-bond donors (Lipinski definition) is 1. The molecule has 106 valence electrons. The van der Waals surface area contributed by atoms with Crippen molar-refractivity contribution in [2.75, 3.05) is 4.72 Å². The Morgan fingerprint density at radius 1 is 1.25 bits per heavy atom. The van der Waals surface area contributed by atoms with Gasteiger partial charge in [0.05, 0.1) is 0 Å². The van der Waals surface area contributed by atoms with E-state index in [9.17, 15) is 8.42 Å². The molecule has 20 heavy (non-hydrogen) atoms. The average molecular weight is 292 g/mol. The molecule has 0 fully saturated rings. The van der Waals surface area contributed by atoms with Crippen molar-refractivity contribution in [3.63, 3.8) is 0 Å². The summed E-state index contributed by atoms with van der Waals surface area (Å²) in [5.41, 5.74) is 0.825. The van der Waals surface area contributed by atoms with Gasteiger partial charge >= 0.3 is 0 Å². The number of aryl methyl sites for hydroxylation is 1. The number of aromatic nitrogens is 3. The van der Waals surface area contributed by atoms with Gasteiger partial charge in [-0.05, 0) is 31.0 Å². The van der Waals surface area contributed by atoms with E-state index in [1.165, 1.54) is 18.5 Å². The summed E-state index contributed by atoms with van der Waals surface area (Å²) in [6, 6.07) is 4.82. The van der Waals surface area contributed by atoms with Crippen LogP contribution >= 0.6 is 0 Å². The number of rotatable bonds is 6. The molecule has 7 heteroatoms. The number of nitrogens with one attached hydrogen (secondary N) is 1. The van der Waals surface area contributed by atoms with Gasteiger partial charge in [-0.1, -0.05) is 13.3 Å². The van der Waals surface area contributed by atoms with E-state index in [4.69, 9.17) is 0 Å². The van der Waals surface area contributed by atoms with Crippen LogP contribution in [0.15, 0.2) is 41.7 Å². The summed E-state index contributed by atoms with van der Waals surface area (Å²) >= 11 is 0. The molecule has 0 aliphatic rings. The minimum absolute atomic E-state index is 0.0856. The lowest BCUT2D eigenvalue weighted by Crippen LogP contribution is -2.15. The summed E-state index contributed by atoms with van der Waals surface area (Å²) in [7, 11) is -3.69. The Bertz CT molecular complexity index is 659. The lowest BCUT2D eigenvalue weighted by molar-refractivity contribution is 0.600. The van der Waals surface area contributed by atoms with Crippen LogP contribution in [0.25, 0.3) is 0 Å². The quantitative estimate of drug-likeness (QED) is 0.880. The number of sulfonamides is 1. The first-order chi connectivity index (χ1) is 9.62. The van der Waals surface area contributed by atoms with Crippen molar-refractivity contribution in [1.82, 2.24) is 15.0 Å². The van der Waals surface area contributed by atoms with Gasteiger partial charge in [0.15, 0.2) is 0 Å². The van der Waals surface area contributed by atoms with Crippen LogP contribution in [0, 0.1) is 0 Å². The first kappa shape index (κ1) is 14.4. The van der Waals surface area contributed by atoms with Crippen molar-refractivity contribution in [1.29, 1.82) is 0 Å². The van der Waals surface area contributed by atoms with Crippen molar-refractivity contribution in [3.8, 4) is 0 Å². The molecule has 2 rings (SSSR count). The molecule has 2 aromatic heterocycles. The molecular weight excluding hydrogens is 276 g/mol. The fraction of sp³-hybridized carbons (Fsp3) is 0.308. The molecule has 0 aliphatic carbocycles. The summed E-state index contributed by atoms with van der Waals surface area (Å²) in [4.78, 5) is 12.0. The zero-order chi connectivity index (χ0) is 14.4. The van der Waals surface area contributed by atoms with Gasteiger partial charge in [0, 0.05) is 24.3 Å². The molecule has 0 saturated heterocycles. The van der Waals surface area contributed by atoms with Crippen LogP contribution in [0.1, 0.15) is 25.5 Å². The predicted octanol–water partition coefficient (Wildman–Crippen LogP) is 2.01. The van der Waals surface area contributed by atoms with Gasteiger partial charge < -0.3 is 0 Å². The highest BCUT2D eigenvalue weighted by molar-refractivity contribution is 7.92. The average Bonchev–Trinajstić information content (AvgIpc) is 2.46. The van der Waals surface area contributed by atoms with E-state index in [0.29, 0.717) is 0 Å². The van der Waals surface area contributed by atoms with Crippen molar-refractivity contribution in [2.45, 2.75) is 31.1 Å². The van der Waals surface area contributed by atoms with Crippen molar-refractivity contribution in [3.05, 3.63) is 42.5 Å². The van der Waals surface area contributed by atoms with Crippen LogP contribution in [0.5, 0.6) is 0 Å². The Labute approximate surface area is 118 Å². The molecule has 0 spiro atoms. The number of anilines is 1. The van der Waals surface area contributed by atoms with Crippen molar-refractivity contribution >= 4 is 16.0 Å².